The van der Waals surface area contributed by atoms with E-state index in [1.54, 1.807) is 68.4 Å². The SMILES string of the molecule is CCOC(=O)C1=C(COC(=O)CC(C)NC(=O)c2ccccc2)NC(=O)NC1c1ccccc1. The van der Waals surface area contributed by atoms with Gasteiger partial charge in [-0.2, -0.15) is 0 Å². The molecule has 2 aromatic rings. The van der Waals surface area contributed by atoms with Gasteiger partial charge in [-0.1, -0.05) is 48.5 Å². The third kappa shape index (κ3) is 6.44. The minimum Gasteiger partial charge on any atom is -0.463 e. The molecule has 3 amide bonds. The summed E-state index contributed by atoms with van der Waals surface area (Å²) in [6.45, 7) is 3.17. The fourth-order valence-corrected chi connectivity index (χ4v) is 3.49. The van der Waals surface area contributed by atoms with Crippen LogP contribution in [0, 0.1) is 0 Å². The lowest BCUT2D eigenvalue weighted by molar-refractivity contribution is -0.144. The summed E-state index contributed by atoms with van der Waals surface area (Å²) in [5.41, 5.74) is 1.47. The maximum absolute atomic E-state index is 12.7. The van der Waals surface area contributed by atoms with E-state index in [4.69, 9.17) is 9.47 Å². The van der Waals surface area contributed by atoms with Gasteiger partial charge in [0.25, 0.3) is 5.91 Å². The highest BCUT2D eigenvalue weighted by molar-refractivity contribution is 5.95. The van der Waals surface area contributed by atoms with Gasteiger partial charge < -0.3 is 25.4 Å². The van der Waals surface area contributed by atoms with Crippen LogP contribution in [0.25, 0.3) is 0 Å². The van der Waals surface area contributed by atoms with Crippen molar-refractivity contribution in [3.63, 3.8) is 0 Å². The summed E-state index contributed by atoms with van der Waals surface area (Å²) < 4.78 is 10.5. The normalized spacial score (nSPS) is 16.1. The lowest BCUT2D eigenvalue weighted by Gasteiger charge is -2.29. The molecule has 0 fully saturated rings. The smallest absolute Gasteiger partial charge is 0.338 e. The summed E-state index contributed by atoms with van der Waals surface area (Å²) in [7, 11) is 0. The summed E-state index contributed by atoms with van der Waals surface area (Å²) in [5, 5.41) is 8.00. The number of ether oxygens (including phenoxy) is 2. The van der Waals surface area contributed by atoms with Gasteiger partial charge in [0, 0.05) is 11.6 Å². The van der Waals surface area contributed by atoms with E-state index in [9.17, 15) is 19.2 Å². The highest BCUT2D eigenvalue weighted by Crippen LogP contribution is 2.27. The van der Waals surface area contributed by atoms with Gasteiger partial charge >= 0.3 is 18.0 Å². The standard InChI is InChI=1S/C25H27N3O6/c1-3-33-24(31)21-19(27-25(32)28-22(21)17-10-6-4-7-11-17)15-34-20(29)14-16(2)26-23(30)18-12-8-5-9-13-18/h4-13,16,22H,3,14-15H2,1-2H3,(H,26,30)(H2,27,28,32). The lowest BCUT2D eigenvalue weighted by atomic mass is 9.95. The summed E-state index contributed by atoms with van der Waals surface area (Å²) >= 11 is 0. The number of hydrogen-bond donors (Lipinski definition) is 3. The van der Waals surface area contributed by atoms with E-state index in [1.807, 2.05) is 6.07 Å². The summed E-state index contributed by atoms with van der Waals surface area (Å²) in [4.78, 5) is 49.6. The molecule has 0 radical (unpaired) electrons. The first-order valence-corrected chi connectivity index (χ1v) is 10.9. The van der Waals surface area contributed by atoms with Gasteiger partial charge in [0.15, 0.2) is 0 Å². The van der Waals surface area contributed by atoms with Crippen LogP contribution in [0.1, 0.15) is 42.2 Å². The van der Waals surface area contributed by atoms with Crippen LogP contribution in [0.15, 0.2) is 71.9 Å². The maximum Gasteiger partial charge on any atom is 0.338 e. The molecule has 2 atom stereocenters. The second-order valence-corrected chi connectivity index (χ2v) is 7.66. The first-order chi connectivity index (χ1) is 16.4. The van der Waals surface area contributed by atoms with Crippen molar-refractivity contribution in [2.45, 2.75) is 32.4 Å². The molecule has 2 unspecified atom stereocenters. The van der Waals surface area contributed by atoms with Crippen molar-refractivity contribution in [2.75, 3.05) is 13.2 Å². The largest absolute Gasteiger partial charge is 0.463 e. The zero-order valence-corrected chi connectivity index (χ0v) is 19.0. The van der Waals surface area contributed by atoms with Crippen LogP contribution in [-0.2, 0) is 19.1 Å². The Balaban J connectivity index is 1.69. The van der Waals surface area contributed by atoms with E-state index in [0.29, 0.717) is 11.1 Å². The summed E-state index contributed by atoms with van der Waals surface area (Å²) in [5.74, 6) is -1.52. The molecule has 1 aliphatic rings. The molecular formula is C25H27N3O6. The fourth-order valence-electron chi connectivity index (χ4n) is 3.49. The average Bonchev–Trinajstić information content (AvgIpc) is 2.83. The molecule has 9 nitrogen and oxygen atoms in total. The van der Waals surface area contributed by atoms with Crippen molar-refractivity contribution in [2.24, 2.45) is 0 Å². The second kappa shape index (κ2) is 11.6. The van der Waals surface area contributed by atoms with E-state index in [0.717, 1.165) is 0 Å². The molecule has 0 aliphatic carbocycles. The summed E-state index contributed by atoms with van der Waals surface area (Å²) in [6.07, 6.45) is -0.0884. The Morgan fingerprint density at radius 3 is 2.29 bits per heavy atom. The van der Waals surface area contributed by atoms with E-state index in [1.165, 1.54) is 0 Å². The van der Waals surface area contributed by atoms with Gasteiger partial charge in [0.05, 0.1) is 30.3 Å². The Kier molecular flexibility index (Phi) is 8.39. The van der Waals surface area contributed by atoms with Gasteiger partial charge in [0.1, 0.15) is 6.61 Å². The summed E-state index contributed by atoms with van der Waals surface area (Å²) in [6, 6.07) is 15.8. The average molecular weight is 466 g/mol. The molecule has 3 N–H and O–H groups in total. The number of benzene rings is 2. The van der Waals surface area contributed by atoms with Crippen LogP contribution in [0.2, 0.25) is 0 Å². The molecule has 1 heterocycles. The minimum atomic E-state index is -0.758. The molecule has 34 heavy (non-hydrogen) atoms. The Morgan fingerprint density at radius 2 is 1.65 bits per heavy atom. The molecule has 0 saturated carbocycles. The molecule has 1 aliphatic heterocycles. The molecule has 2 aromatic carbocycles. The lowest BCUT2D eigenvalue weighted by Crippen LogP contribution is -2.47. The van der Waals surface area contributed by atoms with E-state index in [2.05, 4.69) is 16.0 Å². The zero-order chi connectivity index (χ0) is 24.5. The van der Waals surface area contributed by atoms with Gasteiger partial charge in [-0.05, 0) is 31.5 Å². The van der Waals surface area contributed by atoms with Crippen LogP contribution in [-0.4, -0.2) is 43.1 Å². The van der Waals surface area contributed by atoms with E-state index in [-0.39, 0.29) is 36.8 Å². The Hall–Kier alpha value is -4.14. The monoisotopic (exact) mass is 465 g/mol. The van der Waals surface area contributed by atoms with Crippen LogP contribution < -0.4 is 16.0 Å². The van der Waals surface area contributed by atoms with Gasteiger partial charge in [0.2, 0.25) is 0 Å². The van der Waals surface area contributed by atoms with E-state index < -0.39 is 30.1 Å². The predicted molar refractivity (Wildman–Crippen MR) is 123 cm³/mol. The second-order valence-electron chi connectivity index (χ2n) is 7.66. The minimum absolute atomic E-state index is 0.0884. The van der Waals surface area contributed by atoms with Gasteiger partial charge in [-0.3, -0.25) is 9.59 Å². The molecule has 9 heteroatoms. The van der Waals surface area contributed by atoms with Crippen LogP contribution in [0.4, 0.5) is 4.79 Å². The molecule has 0 bridgehead atoms. The number of rotatable bonds is 9. The third-order valence-electron chi connectivity index (χ3n) is 5.05. The Labute approximate surface area is 197 Å². The van der Waals surface area contributed by atoms with Crippen LogP contribution in [0.5, 0.6) is 0 Å². The molecule has 0 aromatic heterocycles. The fraction of sp³-hybridized carbons (Fsp3) is 0.280. The first kappa shape index (κ1) is 24.5. The van der Waals surface area contributed by atoms with Crippen molar-refractivity contribution in [1.82, 2.24) is 16.0 Å². The number of hydrogen-bond acceptors (Lipinski definition) is 6. The first-order valence-electron chi connectivity index (χ1n) is 10.9. The molecular weight excluding hydrogens is 438 g/mol. The highest BCUT2D eigenvalue weighted by atomic mass is 16.5. The highest BCUT2D eigenvalue weighted by Gasteiger charge is 2.34. The number of amides is 3. The van der Waals surface area contributed by atoms with Crippen molar-refractivity contribution >= 4 is 23.9 Å². The molecule has 0 spiro atoms. The van der Waals surface area contributed by atoms with Gasteiger partial charge in [-0.15, -0.1) is 0 Å². The van der Waals surface area contributed by atoms with Crippen LogP contribution >= 0.6 is 0 Å². The van der Waals surface area contributed by atoms with Crippen molar-refractivity contribution in [1.29, 1.82) is 0 Å². The molecule has 178 valence electrons. The predicted octanol–water partition coefficient (Wildman–Crippen LogP) is 2.61. The van der Waals surface area contributed by atoms with Crippen molar-refractivity contribution < 1.29 is 28.7 Å². The van der Waals surface area contributed by atoms with Crippen LogP contribution in [0.3, 0.4) is 0 Å². The Bertz CT molecular complexity index is 1070. The Morgan fingerprint density at radius 1 is 1.00 bits per heavy atom. The number of urea groups is 1. The number of carbonyl (C=O) groups excluding carboxylic acids is 4. The van der Waals surface area contributed by atoms with Crippen molar-refractivity contribution in [3.05, 3.63) is 83.1 Å². The zero-order valence-electron chi connectivity index (χ0n) is 19.0. The maximum atomic E-state index is 12.7. The van der Waals surface area contributed by atoms with Gasteiger partial charge in [-0.25, -0.2) is 9.59 Å². The van der Waals surface area contributed by atoms with E-state index >= 15 is 0 Å². The van der Waals surface area contributed by atoms with Crippen molar-refractivity contribution in [3.8, 4) is 0 Å². The molecule has 3 rings (SSSR count). The third-order valence-corrected chi connectivity index (χ3v) is 5.05. The number of carbonyl (C=O) groups is 4. The number of nitrogens with one attached hydrogen (secondary N) is 3. The topological polar surface area (TPSA) is 123 Å². The number of esters is 2. The quantitative estimate of drug-likeness (QED) is 0.489. The molecule has 0 saturated heterocycles.